The molecule has 1 aliphatic rings. The number of anilines is 1. The molecule has 1 aliphatic heterocycles. The van der Waals surface area contributed by atoms with Crippen molar-refractivity contribution in [3.63, 3.8) is 0 Å². The van der Waals surface area contributed by atoms with E-state index in [0.29, 0.717) is 26.1 Å². The average molecular weight is 353 g/mol. The molecule has 6 heteroatoms. The molecule has 0 aliphatic carbocycles. The van der Waals surface area contributed by atoms with Crippen molar-refractivity contribution < 1.29 is 14.3 Å². The number of hydrogen-bond acceptors (Lipinski definition) is 3. The quantitative estimate of drug-likeness (QED) is 0.839. The van der Waals surface area contributed by atoms with Crippen molar-refractivity contribution in [1.29, 1.82) is 0 Å². The number of nitrogens with one attached hydrogen (secondary N) is 2. The molecule has 0 saturated carbocycles. The normalized spacial score (nSPS) is 16.4. The van der Waals surface area contributed by atoms with Gasteiger partial charge in [-0.05, 0) is 36.8 Å². The van der Waals surface area contributed by atoms with Gasteiger partial charge in [0.15, 0.2) is 0 Å². The number of hydrogen-bond donors (Lipinski definition) is 2. The molecule has 0 radical (unpaired) electrons. The number of benzene rings is 2. The Morgan fingerprint density at radius 2 is 1.88 bits per heavy atom. The standard InChI is InChI=1S/C20H23N3O3/c1-2-26-18-10-8-17(9-11-18)23-14-16(12-19(23)24)22-20(25)21-13-15-6-4-3-5-7-15/h3-11,16H,2,12-14H2,1H3,(H2,21,22,25)/t16-/m0/s1. The molecule has 2 aromatic carbocycles. The fraction of sp³-hybridized carbons (Fsp3) is 0.300. The van der Waals surface area contributed by atoms with Crippen LogP contribution in [-0.4, -0.2) is 31.1 Å². The van der Waals surface area contributed by atoms with Crippen LogP contribution in [0.15, 0.2) is 54.6 Å². The highest BCUT2D eigenvalue weighted by Gasteiger charge is 2.31. The summed E-state index contributed by atoms with van der Waals surface area (Å²) in [7, 11) is 0. The summed E-state index contributed by atoms with van der Waals surface area (Å²) in [6, 6.07) is 16.6. The monoisotopic (exact) mass is 353 g/mol. The third-order valence-electron chi connectivity index (χ3n) is 4.22. The predicted octanol–water partition coefficient (Wildman–Crippen LogP) is 2.69. The van der Waals surface area contributed by atoms with Crippen LogP contribution >= 0.6 is 0 Å². The molecule has 1 fully saturated rings. The van der Waals surface area contributed by atoms with Crippen LogP contribution in [0.5, 0.6) is 5.75 Å². The van der Waals surface area contributed by atoms with E-state index in [9.17, 15) is 9.59 Å². The van der Waals surface area contributed by atoms with Crippen LogP contribution in [0.2, 0.25) is 0 Å². The van der Waals surface area contributed by atoms with Crippen molar-refractivity contribution in [3.05, 3.63) is 60.2 Å². The van der Waals surface area contributed by atoms with Crippen molar-refractivity contribution >= 4 is 17.6 Å². The fourth-order valence-corrected chi connectivity index (χ4v) is 2.96. The molecule has 3 amide bonds. The Balaban J connectivity index is 1.51. The maximum atomic E-state index is 12.3. The van der Waals surface area contributed by atoms with E-state index in [-0.39, 0.29) is 18.0 Å². The number of urea groups is 1. The number of ether oxygens (including phenoxy) is 1. The minimum absolute atomic E-state index is 0.00233. The summed E-state index contributed by atoms with van der Waals surface area (Å²) in [4.78, 5) is 26.0. The van der Waals surface area contributed by atoms with Crippen molar-refractivity contribution in [2.24, 2.45) is 0 Å². The highest BCUT2D eigenvalue weighted by atomic mass is 16.5. The molecule has 0 aromatic heterocycles. The molecule has 0 unspecified atom stereocenters. The fourth-order valence-electron chi connectivity index (χ4n) is 2.96. The van der Waals surface area contributed by atoms with E-state index >= 15 is 0 Å². The molecule has 1 heterocycles. The number of rotatable bonds is 6. The zero-order chi connectivity index (χ0) is 18.4. The summed E-state index contributed by atoms with van der Waals surface area (Å²) in [6.45, 7) is 3.45. The zero-order valence-corrected chi connectivity index (χ0v) is 14.8. The van der Waals surface area contributed by atoms with Gasteiger partial charge in [-0.15, -0.1) is 0 Å². The van der Waals surface area contributed by atoms with Crippen molar-refractivity contribution in [2.75, 3.05) is 18.1 Å². The van der Waals surface area contributed by atoms with Gasteiger partial charge in [-0.25, -0.2) is 4.79 Å². The van der Waals surface area contributed by atoms with Crippen molar-refractivity contribution in [2.45, 2.75) is 25.9 Å². The van der Waals surface area contributed by atoms with Crippen LogP contribution in [0.3, 0.4) is 0 Å². The Bertz CT molecular complexity index is 747. The number of carbonyl (C=O) groups is 2. The second-order valence-corrected chi connectivity index (χ2v) is 6.14. The molecule has 2 aromatic rings. The molecule has 1 saturated heterocycles. The number of nitrogens with zero attached hydrogens (tertiary/aromatic N) is 1. The van der Waals surface area contributed by atoms with E-state index in [2.05, 4.69) is 10.6 Å². The molecular weight excluding hydrogens is 330 g/mol. The Kier molecular flexibility index (Phi) is 5.73. The van der Waals surface area contributed by atoms with Crippen LogP contribution in [-0.2, 0) is 11.3 Å². The first-order valence-electron chi connectivity index (χ1n) is 8.77. The van der Waals surface area contributed by atoms with Crippen molar-refractivity contribution in [3.8, 4) is 5.75 Å². The van der Waals surface area contributed by atoms with Gasteiger partial charge in [0.1, 0.15) is 5.75 Å². The summed E-state index contributed by atoms with van der Waals surface area (Å²) in [5, 5.41) is 5.69. The van der Waals surface area contributed by atoms with E-state index in [4.69, 9.17) is 4.74 Å². The highest BCUT2D eigenvalue weighted by molar-refractivity contribution is 5.96. The van der Waals surface area contributed by atoms with Crippen LogP contribution in [0.1, 0.15) is 18.9 Å². The Morgan fingerprint density at radius 3 is 2.58 bits per heavy atom. The topological polar surface area (TPSA) is 70.7 Å². The SMILES string of the molecule is CCOc1ccc(N2C[C@@H](NC(=O)NCc3ccccc3)CC2=O)cc1. The van der Waals surface area contributed by atoms with E-state index < -0.39 is 0 Å². The molecule has 136 valence electrons. The smallest absolute Gasteiger partial charge is 0.315 e. The summed E-state index contributed by atoms with van der Waals surface area (Å²) < 4.78 is 5.42. The molecule has 1 atom stereocenters. The van der Waals surface area contributed by atoms with Crippen LogP contribution in [0.4, 0.5) is 10.5 Å². The third kappa shape index (κ3) is 4.53. The van der Waals surface area contributed by atoms with Gasteiger partial charge in [-0.2, -0.15) is 0 Å². The molecule has 3 rings (SSSR count). The maximum Gasteiger partial charge on any atom is 0.315 e. The predicted molar refractivity (Wildman–Crippen MR) is 100 cm³/mol. The number of amides is 3. The largest absolute Gasteiger partial charge is 0.494 e. The second kappa shape index (κ2) is 8.38. The summed E-state index contributed by atoms with van der Waals surface area (Å²) in [5.41, 5.74) is 1.84. The Morgan fingerprint density at radius 1 is 1.15 bits per heavy atom. The van der Waals surface area contributed by atoms with Gasteiger partial charge in [0, 0.05) is 25.2 Å². The molecule has 0 spiro atoms. The zero-order valence-electron chi connectivity index (χ0n) is 14.8. The van der Waals surface area contributed by atoms with Crippen LogP contribution in [0.25, 0.3) is 0 Å². The lowest BCUT2D eigenvalue weighted by atomic mass is 10.2. The Labute approximate surface area is 153 Å². The first-order chi connectivity index (χ1) is 12.7. The highest BCUT2D eigenvalue weighted by Crippen LogP contribution is 2.24. The minimum Gasteiger partial charge on any atom is -0.494 e. The van der Waals surface area contributed by atoms with Crippen molar-refractivity contribution in [1.82, 2.24) is 10.6 Å². The van der Waals surface area contributed by atoms with Gasteiger partial charge < -0.3 is 20.3 Å². The van der Waals surface area contributed by atoms with Crippen LogP contribution in [0, 0.1) is 0 Å². The van der Waals surface area contributed by atoms with Gasteiger partial charge in [0.05, 0.1) is 12.6 Å². The summed E-state index contributed by atoms with van der Waals surface area (Å²) in [6.07, 6.45) is 0.298. The molecule has 26 heavy (non-hydrogen) atoms. The van der Waals surface area contributed by atoms with Gasteiger partial charge in [0.2, 0.25) is 5.91 Å². The van der Waals surface area contributed by atoms with Gasteiger partial charge in [-0.1, -0.05) is 30.3 Å². The second-order valence-electron chi connectivity index (χ2n) is 6.14. The lowest BCUT2D eigenvalue weighted by molar-refractivity contribution is -0.117. The minimum atomic E-state index is -0.264. The van der Waals surface area contributed by atoms with E-state index in [0.717, 1.165) is 17.0 Å². The number of carbonyl (C=O) groups excluding carboxylic acids is 2. The molecule has 0 bridgehead atoms. The lowest BCUT2D eigenvalue weighted by Gasteiger charge is -2.18. The molecular formula is C20H23N3O3. The van der Waals surface area contributed by atoms with Gasteiger partial charge >= 0.3 is 6.03 Å². The van der Waals surface area contributed by atoms with E-state index in [1.54, 1.807) is 4.90 Å². The third-order valence-corrected chi connectivity index (χ3v) is 4.22. The Hall–Kier alpha value is -3.02. The first kappa shape index (κ1) is 17.8. The molecule has 2 N–H and O–H groups in total. The summed E-state index contributed by atoms with van der Waals surface area (Å²) in [5.74, 6) is 0.778. The van der Waals surface area contributed by atoms with Crippen LogP contribution < -0.4 is 20.3 Å². The molecule has 6 nitrogen and oxygen atoms in total. The maximum absolute atomic E-state index is 12.3. The summed E-state index contributed by atoms with van der Waals surface area (Å²) >= 11 is 0. The first-order valence-corrected chi connectivity index (χ1v) is 8.77. The van der Waals surface area contributed by atoms with Gasteiger partial charge in [0.25, 0.3) is 0 Å². The van der Waals surface area contributed by atoms with Gasteiger partial charge in [-0.3, -0.25) is 4.79 Å². The average Bonchev–Trinajstić information content (AvgIpc) is 3.02. The lowest BCUT2D eigenvalue weighted by Crippen LogP contribution is -2.43. The van der Waals surface area contributed by atoms with E-state index in [1.165, 1.54) is 0 Å². The van der Waals surface area contributed by atoms with E-state index in [1.807, 2.05) is 61.5 Å².